The summed E-state index contributed by atoms with van der Waals surface area (Å²) in [6.07, 6.45) is 1.37. The molecule has 4 nitrogen and oxygen atoms in total. The molecule has 0 aliphatic rings. The van der Waals surface area contributed by atoms with Gasteiger partial charge in [0.25, 0.3) is 0 Å². The normalized spacial score (nSPS) is 13.4. The molecule has 2 N–H and O–H groups in total. The van der Waals surface area contributed by atoms with Crippen molar-refractivity contribution in [2.24, 2.45) is 0 Å². The van der Waals surface area contributed by atoms with Crippen molar-refractivity contribution in [1.82, 2.24) is 5.32 Å². The molecule has 92 valence electrons. The van der Waals surface area contributed by atoms with E-state index in [9.17, 15) is 5.11 Å². The second-order valence-electron chi connectivity index (χ2n) is 3.44. The number of rotatable bonds is 10. The third-order valence-electron chi connectivity index (χ3n) is 2.02. The van der Waals surface area contributed by atoms with E-state index in [-0.39, 0.29) is 12.4 Å². The number of aliphatic hydroxyl groups excluding tert-OH is 1. The number of ether oxygens (including phenoxy) is 2. The average Bonchev–Trinajstić information content (AvgIpc) is 2.19. The lowest BCUT2D eigenvalue weighted by atomic mass is 10.2. The summed E-state index contributed by atoms with van der Waals surface area (Å²) in [5.41, 5.74) is 0. The van der Waals surface area contributed by atoms with E-state index in [2.05, 4.69) is 12.2 Å². The summed E-state index contributed by atoms with van der Waals surface area (Å²) >= 11 is 0. The molecule has 1 unspecified atom stereocenters. The first-order chi connectivity index (χ1) is 7.24. The maximum atomic E-state index is 9.48. The maximum Gasteiger partial charge on any atom is 0.169 e. The molecule has 0 saturated carbocycles. The Morgan fingerprint density at radius 1 is 1.07 bits per heavy atom. The minimum atomic E-state index is -0.265. The predicted octanol–water partition coefficient (Wildman–Crippen LogP) is 1.14. The van der Waals surface area contributed by atoms with Crippen LogP contribution >= 0.6 is 0 Å². The molecule has 0 saturated heterocycles. The van der Waals surface area contributed by atoms with Gasteiger partial charge in [-0.05, 0) is 20.3 Å². The van der Waals surface area contributed by atoms with E-state index in [0.717, 1.165) is 12.8 Å². The Morgan fingerprint density at radius 2 is 1.67 bits per heavy atom. The largest absolute Gasteiger partial charge is 0.392 e. The highest BCUT2D eigenvalue weighted by Crippen LogP contribution is 1.96. The van der Waals surface area contributed by atoms with Crippen LogP contribution in [0.1, 0.15) is 33.6 Å². The Labute approximate surface area is 93.0 Å². The molecule has 0 rings (SSSR count). The lowest BCUT2D eigenvalue weighted by Crippen LogP contribution is -2.36. The minimum absolute atomic E-state index is 0.200. The molecule has 0 aliphatic carbocycles. The van der Waals surface area contributed by atoms with E-state index in [4.69, 9.17) is 9.47 Å². The van der Waals surface area contributed by atoms with Crippen LogP contribution in [0.15, 0.2) is 0 Å². The van der Waals surface area contributed by atoms with Gasteiger partial charge in [0.1, 0.15) is 0 Å². The van der Waals surface area contributed by atoms with Gasteiger partial charge in [-0.15, -0.1) is 0 Å². The fourth-order valence-corrected chi connectivity index (χ4v) is 1.34. The Morgan fingerprint density at radius 3 is 2.13 bits per heavy atom. The van der Waals surface area contributed by atoms with E-state index in [0.29, 0.717) is 26.3 Å². The van der Waals surface area contributed by atoms with Crippen molar-refractivity contribution in [2.75, 3.05) is 26.3 Å². The third kappa shape index (κ3) is 8.81. The Bertz CT molecular complexity index is 127. The number of nitrogens with one attached hydrogen (secondary N) is 1. The summed E-state index contributed by atoms with van der Waals surface area (Å²) in [4.78, 5) is 0. The number of hydrogen-bond acceptors (Lipinski definition) is 4. The summed E-state index contributed by atoms with van der Waals surface area (Å²) < 4.78 is 10.7. The van der Waals surface area contributed by atoms with Crippen LogP contribution in [0, 0.1) is 0 Å². The Kier molecular flexibility index (Phi) is 10.3. The zero-order chi connectivity index (χ0) is 11.5. The van der Waals surface area contributed by atoms with Gasteiger partial charge in [0.15, 0.2) is 6.29 Å². The zero-order valence-corrected chi connectivity index (χ0v) is 10.2. The summed E-state index contributed by atoms with van der Waals surface area (Å²) in [7, 11) is 0. The molecule has 0 radical (unpaired) electrons. The molecule has 0 aromatic heterocycles. The summed E-state index contributed by atoms with van der Waals surface area (Å²) in [6, 6.07) is 0. The molecule has 0 aromatic carbocycles. The fourth-order valence-electron chi connectivity index (χ4n) is 1.34. The van der Waals surface area contributed by atoms with Gasteiger partial charge in [-0.3, -0.25) is 0 Å². The number of hydrogen-bond donors (Lipinski definition) is 2. The van der Waals surface area contributed by atoms with E-state index < -0.39 is 0 Å². The maximum absolute atomic E-state index is 9.48. The SMILES string of the molecule is CCCC(O)CNCC(OCC)OCC. The quantitative estimate of drug-likeness (QED) is 0.541. The molecule has 1 atom stereocenters. The lowest BCUT2D eigenvalue weighted by molar-refractivity contribution is -0.133. The Hall–Kier alpha value is -0.160. The van der Waals surface area contributed by atoms with Crippen molar-refractivity contribution in [3.8, 4) is 0 Å². The van der Waals surface area contributed by atoms with Crippen molar-refractivity contribution in [3.63, 3.8) is 0 Å². The van der Waals surface area contributed by atoms with Crippen LogP contribution in [-0.2, 0) is 9.47 Å². The van der Waals surface area contributed by atoms with Crippen molar-refractivity contribution in [3.05, 3.63) is 0 Å². The van der Waals surface area contributed by atoms with Crippen molar-refractivity contribution >= 4 is 0 Å². The fraction of sp³-hybridized carbons (Fsp3) is 1.00. The highest BCUT2D eigenvalue weighted by molar-refractivity contribution is 4.59. The second kappa shape index (κ2) is 10.4. The molecule has 0 spiro atoms. The first-order valence-corrected chi connectivity index (χ1v) is 5.86. The van der Waals surface area contributed by atoms with E-state index in [1.165, 1.54) is 0 Å². The van der Waals surface area contributed by atoms with Crippen LogP contribution in [0.3, 0.4) is 0 Å². The van der Waals surface area contributed by atoms with Crippen LogP contribution in [0.5, 0.6) is 0 Å². The molecule has 15 heavy (non-hydrogen) atoms. The van der Waals surface area contributed by atoms with Gasteiger partial charge < -0.3 is 19.9 Å². The standard InChI is InChI=1S/C11H25NO3/c1-4-7-10(13)8-12-9-11(14-5-2)15-6-3/h10-13H,4-9H2,1-3H3. The molecular formula is C11H25NO3. The molecule has 4 heteroatoms. The molecule has 0 aromatic rings. The van der Waals surface area contributed by atoms with Crippen LogP contribution in [0.25, 0.3) is 0 Å². The summed E-state index contributed by atoms with van der Waals surface area (Å²) in [5, 5.41) is 12.6. The summed E-state index contributed by atoms with van der Waals surface area (Å²) in [5.74, 6) is 0. The molecular weight excluding hydrogens is 194 g/mol. The monoisotopic (exact) mass is 219 g/mol. The van der Waals surface area contributed by atoms with Gasteiger partial charge >= 0.3 is 0 Å². The predicted molar refractivity (Wildman–Crippen MR) is 60.8 cm³/mol. The smallest absolute Gasteiger partial charge is 0.169 e. The molecule has 0 fully saturated rings. The van der Waals surface area contributed by atoms with E-state index in [1.807, 2.05) is 13.8 Å². The van der Waals surface area contributed by atoms with Crippen LogP contribution in [-0.4, -0.2) is 43.8 Å². The Balaban J connectivity index is 3.51. The van der Waals surface area contributed by atoms with Gasteiger partial charge in [0.05, 0.1) is 6.10 Å². The van der Waals surface area contributed by atoms with Gasteiger partial charge in [-0.2, -0.15) is 0 Å². The average molecular weight is 219 g/mol. The topological polar surface area (TPSA) is 50.7 Å². The molecule has 0 amide bonds. The molecule has 0 aliphatic heterocycles. The van der Waals surface area contributed by atoms with Crippen molar-refractivity contribution < 1.29 is 14.6 Å². The van der Waals surface area contributed by atoms with Gasteiger partial charge in [-0.1, -0.05) is 13.3 Å². The molecule has 0 heterocycles. The van der Waals surface area contributed by atoms with Gasteiger partial charge in [-0.25, -0.2) is 0 Å². The van der Waals surface area contributed by atoms with Crippen LogP contribution < -0.4 is 5.32 Å². The first kappa shape index (κ1) is 14.8. The van der Waals surface area contributed by atoms with Crippen LogP contribution in [0.2, 0.25) is 0 Å². The number of aliphatic hydroxyl groups is 1. The highest BCUT2D eigenvalue weighted by atomic mass is 16.7. The zero-order valence-electron chi connectivity index (χ0n) is 10.2. The summed E-state index contributed by atoms with van der Waals surface area (Å²) in [6.45, 7) is 8.46. The van der Waals surface area contributed by atoms with Crippen molar-refractivity contribution in [1.29, 1.82) is 0 Å². The van der Waals surface area contributed by atoms with E-state index in [1.54, 1.807) is 0 Å². The molecule has 0 bridgehead atoms. The van der Waals surface area contributed by atoms with Gasteiger partial charge in [0.2, 0.25) is 0 Å². The van der Waals surface area contributed by atoms with Gasteiger partial charge in [0, 0.05) is 26.3 Å². The first-order valence-electron chi connectivity index (χ1n) is 5.86. The second-order valence-corrected chi connectivity index (χ2v) is 3.44. The minimum Gasteiger partial charge on any atom is -0.392 e. The van der Waals surface area contributed by atoms with E-state index >= 15 is 0 Å². The third-order valence-corrected chi connectivity index (χ3v) is 2.02. The highest BCUT2D eigenvalue weighted by Gasteiger charge is 2.08. The van der Waals surface area contributed by atoms with Crippen LogP contribution in [0.4, 0.5) is 0 Å². The van der Waals surface area contributed by atoms with Crippen molar-refractivity contribution in [2.45, 2.75) is 46.0 Å². The lowest BCUT2D eigenvalue weighted by Gasteiger charge is -2.18.